The van der Waals surface area contributed by atoms with Crippen molar-refractivity contribution in [1.29, 1.82) is 0 Å². The molecule has 0 heterocycles. The molecule has 0 aromatic heterocycles. The van der Waals surface area contributed by atoms with E-state index in [1.54, 1.807) is 6.07 Å². The van der Waals surface area contributed by atoms with E-state index in [1.807, 2.05) is 31.2 Å². The number of halogens is 1. The Bertz CT molecular complexity index is 626. The predicted molar refractivity (Wildman–Crippen MR) is 80.8 cm³/mol. The second-order valence-electron chi connectivity index (χ2n) is 4.46. The van der Waals surface area contributed by atoms with Gasteiger partial charge in [0.2, 0.25) is 0 Å². The highest BCUT2D eigenvalue weighted by atomic mass is 32.2. The summed E-state index contributed by atoms with van der Waals surface area (Å²) in [5.41, 5.74) is 0.865. The zero-order chi connectivity index (χ0) is 15.2. The molecule has 3 nitrogen and oxygen atoms in total. The Morgan fingerprint density at radius 3 is 2.62 bits per heavy atom. The van der Waals surface area contributed by atoms with Crippen molar-refractivity contribution in [3.63, 3.8) is 0 Å². The Kier molecular flexibility index (Phi) is 5.22. The third-order valence-electron chi connectivity index (χ3n) is 2.81. The van der Waals surface area contributed by atoms with Crippen LogP contribution in [0.3, 0.4) is 0 Å². The van der Waals surface area contributed by atoms with Gasteiger partial charge in [-0.3, -0.25) is 0 Å². The van der Waals surface area contributed by atoms with Crippen LogP contribution >= 0.6 is 11.8 Å². The van der Waals surface area contributed by atoms with E-state index in [0.717, 1.165) is 5.75 Å². The number of benzene rings is 2. The van der Waals surface area contributed by atoms with E-state index in [0.29, 0.717) is 17.3 Å². The summed E-state index contributed by atoms with van der Waals surface area (Å²) < 4.78 is 18.8. The zero-order valence-corrected chi connectivity index (χ0v) is 12.3. The van der Waals surface area contributed by atoms with Crippen LogP contribution in [-0.2, 0) is 0 Å². The van der Waals surface area contributed by atoms with Gasteiger partial charge in [-0.05, 0) is 37.3 Å². The lowest BCUT2D eigenvalue weighted by atomic mass is 10.2. The Morgan fingerprint density at radius 1 is 1.24 bits per heavy atom. The van der Waals surface area contributed by atoms with Crippen LogP contribution in [0, 0.1) is 12.7 Å². The SMILES string of the molecule is Cc1ccc(OCCSc2ccc(F)c(C(=O)O)c2)cc1. The highest BCUT2D eigenvalue weighted by Crippen LogP contribution is 2.21. The van der Waals surface area contributed by atoms with Crippen LogP contribution in [0.4, 0.5) is 4.39 Å². The largest absolute Gasteiger partial charge is 0.493 e. The van der Waals surface area contributed by atoms with Gasteiger partial charge in [-0.25, -0.2) is 9.18 Å². The van der Waals surface area contributed by atoms with Crippen molar-refractivity contribution >= 4 is 17.7 Å². The highest BCUT2D eigenvalue weighted by Gasteiger charge is 2.10. The van der Waals surface area contributed by atoms with E-state index in [2.05, 4.69) is 0 Å². The number of aromatic carboxylic acids is 1. The fourth-order valence-electron chi connectivity index (χ4n) is 1.71. The van der Waals surface area contributed by atoms with Crippen molar-refractivity contribution in [2.24, 2.45) is 0 Å². The molecule has 0 aliphatic rings. The summed E-state index contributed by atoms with van der Waals surface area (Å²) in [6.45, 7) is 2.50. The number of ether oxygens (including phenoxy) is 1. The molecule has 0 fully saturated rings. The van der Waals surface area contributed by atoms with E-state index in [-0.39, 0.29) is 5.56 Å². The summed E-state index contributed by atoms with van der Waals surface area (Å²) in [5, 5.41) is 8.86. The molecule has 2 aromatic rings. The van der Waals surface area contributed by atoms with Crippen molar-refractivity contribution in [2.45, 2.75) is 11.8 Å². The van der Waals surface area contributed by atoms with Crippen LogP contribution in [0.5, 0.6) is 5.75 Å². The Hall–Kier alpha value is -2.01. The quantitative estimate of drug-likeness (QED) is 0.647. The molecule has 0 aliphatic carbocycles. The third kappa shape index (κ3) is 4.49. The van der Waals surface area contributed by atoms with Crippen LogP contribution in [0.25, 0.3) is 0 Å². The van der Waals surface area contributed by atoms with Gasteiger partial charge in [0, 0.05) is 10.6 Å². The number of carboxylic acid groups (broad SMARTS) is 1. The molecule has 0 aliphatic heterocycles. The minimum Gasteiger partial charge on any atom is -0.493 e. The molecule has 0 saturated carbocycles. The molecule has 0 amide bonds. The molecule has 0 saturated heterocycles. The second kappa shape index (κ2) is 7.13. The minimum absolute atomic E-state index is 0.306. The van der Waals surface area contributed by atoms with E-state index < -0.39 is 11.8 Å². The van der Waals surface area contributed by atoms with Crippen LogP contribution < -0.4 is 4.74 Å². The number of carbonyl (C=O) groups is 1. The zero-order valence-electron chi connectivity index (χ0n) is 11.5. The first-order valence-corrected chi connectivity index (χ1v) is 7.40. The van der Waals surface area contributed by atoms with Gasteiger partial charge in [-0.1, -0.05) is 17.7 Å². The van der Waals surface area contributed by atoms with Gasteiger partial charge in [0.05, 0.1) is 12.2 Å². The number of aryl methyl sites for hydroxylation is 1. The molecule has 0 bridgehead atoms. The lowest BCUT2D eigenvalue weighted by Gasteiger charge is -2.07. The predicted octanol–water partition coefficient (Wildman–Crippen LogP) is 4.00. The van der Waals surface area contributed by atoms with Crippen molar-refractivity contribution in [3.05, 3.63) is 59.4 Å². The molecule has 0 atom stereocenters. The maximum absolute atomic E-state index is 13.2. The van der Waals surface area contributed by atoms with Gasteiger partial charge >= 0.3 is 5.97 Å². The number of hydrogen-bond donors (Lipinski definition) is 1. The van der Waals surface area contributed by atoms with Gasteiger partial charge in [-0.2, -0.15) is 0 Å². The molecule has 2 aromatic carbocycles. The summed E-state index contributed by atoms with van der Waals surface area (Å²) in [6.07, 6.45) is 0. The van der Waals surface area contributed by atoms with E-state index in [1.165, 1.54) is 29.5 Å². The standard InChI is InChI=1S/C16H15FO3S/c1-11-2-4-12(5-3-11)20-8-9-21-13-6-7-15(17)14(10-13)16(18)19/h2-7,10H,8-9H2,1H3,(H,18,19). The number of hydrogen-bond acceptors (Lipinski definition) is 3. The third-order valence-corrected chi connectivity index (χ3v) is 3.77. The molecule has 0 unspecified atom stereocenters. The molecule has 0 spiro atoms. The maximum Gasteiger partial charge on any atom is 0.338 e. The Labute approximate surface area is 126 Å². The average molecular weight is 306 g/mol. The molecule has 5 heteroatoms. The van der Waals surface area contributed by atoms with Gasteiger partial charge in [0.1, 0.15) is 11.6 Å². The first kappa shape index (κ1) is 15.4. The van der Waals surface area contributed by atoms with E-state index >= 15 is 0 Å². The Morgan fingerprint density at radius 2 is 1.95 bits per heavy atom. The van der Waals surface area contributed by atoms with Gasteiger partial charge in [0.15, 0.2) is 0 Å². The average Bonchev–Trinajstić information content (AvgIpc) is 2.46. The van der Waals surface area contributed by atoms with Crippen LogP contribution in [0.1, 0.15) is 15.9 Å². The van der Waals surface area contributed by atoms with Crippen LogP contribution in [0.15, 0.2) is 47.4 Å². The summed E-state index contributed by atoms with van der Waals surface area (Å²) in [4.78, 5) is 11.6. The molecular formula is C16H15FO3S. The lowest BCUT2D eigenvalue weighted by Crippen LogP contribution is -2.02. The van der Waals surface area contributed by atoms with Crippen molar-refractivity contribution in [1.82, 2.24) is 0 Å². The van der Waals surface area contributed by atoms with Crippen LogP contribution in [-0.4, -0.2) is 23.4 Å². The lowest BCUT2D eigenvalue weighted by molar-refractivity contribution is 0.0691. The number of carboxylic acids is 1. The number of rotatable bonds is 6. The minimum atomic E-state index is -1.26. The molecule has 110 valence electrons. The summed E-state index contributed by atoms with van der Waals surface area (Å²) >= 11 is 1.43. The van der Waals surface area contributed by atoms with Crippen LogP contribution in [0.2, 0.25) is 0 Å². The first-order valence-electron chi connectivity index (χ1n) is 6.41. The van der Waals surface area contributed by atoms with Crippen molar-refractivity contribution in [2.75, 3.05) is 12.4 Å². The molecule has 0 radical (unpaired) electrons. The number of thioether (sulfide) groups is 1. The molecular weight excluding hydrogens is 291 g/mol. The maximum atomic E-state index is 13.2. The monoisotopic (exact) mass is 306 g/mol. The Balaban J connectivity index is 1.85. The summed E-state index contributed by atoms with van der Waals surface area (Å²) in [6, 6.07) is 11.8. The van der Waals surface area contributed by atoms with Crippen molar-refractivity contribution < 1.29 is 19.0 Å². The summed E-state index contributed by atoms with van der Waals surface area (Å²) in [7, 11) is 0. The molecule has 1 N–H and O–H groups in total. The highest BCUT2D eigenvalue weighted by molar-refractivity contribution is 7.99. The van der Waals surface area contributed by atoms with Crippen molar-refractivity contribution in [3.8, 4) is 5.75 Å². The topological polar surface area (TPSA) is 46.5 Å². The van der Waals surface area contributed by atoms with E-state index in [9.17, 15) is 9.18 Å². The normalized spacial score (nSPS) is 10.4. The fourth-order valence-corrected chi connectivity index (χ4v) is 2.48. The summed E-state index contributed by atoms with van der Waals surface area (Å²) in [5.74, 6) is -0.529. The van der Waals surface area contributed by atoms with Gasteiger partial charge < -0.3 is 9.84 Å². The molecule has 21 heavy (non-hydrogen) atoms. The second-order valence-corrected chi connectivity index (χ2v) is 5.63. The fraction of sp³-hybridized carbons (Fsp3) is 0.188. The van der Waals surface area contributed by atoms with Gasteiger partial charge in [-0.15, -0.1) is 11.8 Å². The van der Waals surface area contributed by atoms with Gasteiger partial charge in [0.25, 0.3) is 0 Å². The van der Waals surface area contributed by atoms with E-state index in [4.69, 9.17) is 9.84 Å². The first-order chi connectivity index (χ1) is 10.1. The molecule has 2 rings (SSSR count). The smallest absolute Gasteiger partial charge is 0.338 e.